The molecule has 4 heteroatoms. The second-order valence-corrected chi connectivity index (χ2v) is 4.57. The van der Waals surface area contributed by atoms with Crippen molar-refractivity contribution < 1.29 is 9.53 Å². The average Bonchev–Trinajstić information content (AvgIpc) is 2.43. The van der Waals surface area contributed by atoms with Gasteiger partial charge in [0.05, 0.1) is 5.92 Å². The SMILES string of the molecule is CNCCCNC(=O)C1COc2ccccc2C1. The van der Waals surface area contributed by atoms with E-state index in [4.69, 9.17) is 4.74 Å². The van der Waals surface area contributed by atoms with Gasteiger partial charge in [-0.25, -0.2) is 0 Å². The minimum atomic E-state index is -0.0607. The van der Waals surface area contributed by atoms with Gasteiger partial charge in [0.25, 0.3) is 0 Å². The Bertz CT molecular complexity index is 407. The maximum Gasteiger partial charge on any atom is 0.226 e. The highest BCUT2D eigenvalue weighted by Gasteiger charge is 2.25. The number of carbonyl (C=O) groups excluding carboxylic acids is 1. The van der Waals surface area contributed by atoms with E-state index < -0.39 is 0 Å². The fourth-order valence-electron chi connectivity index (χ4n) is 2.12. The number of carbonyl (C=O) groups is 1. The maximum absolute atomic E-state index is 12.0. The third kappa shape index (κ3) is 3.23. The molecule has 18 heavy (non-hydrogen) atoms. The molecule has 0 saturated carbocycles. The summed E-state index contributed by atoms with van der Waals surface area (Å²) in [6.07, 6.45) is 1.72. The lowest BCUT2D eigenvalue weighted by Gasteiger charge is -2.24. The first-order valence-corrected chi connectivity index (χ1v) is 6.44. The number of rotatable bonds is 5. The van der Waals surface area contributed by atoms with Crippen LogP contribution in [0.25, 0.3) is 0 Å². The first kappa shape index (κ1) is 12.9. The number of ether oxygens (including phenoxy) is 1. The summed E-state index contributed by atoms with van der Waals surface area (Å²) in [5.74, 6) is 0.951. The Morgan fingerprint density at radius 3 is 3.06 bits per heavy atom. The molecule has 1 unspecified atom stereocenters. The van der Waals surface area contributed by atoms with Crippen LogP contribution in [-0.4, -0.2) is 32.7 Å². The van der Waals surface area contributed by atoms with Crippen LogP contribution in [0.5, 0.6) is 5.75 Å². The number of fused-ring (bicyclic) bond motifs is 1. The molecule has 0 bridgehead atoms. The highest BCUT2D eigenvalue weighted by atomic mass is 16.5. The van der Waals surface area contributed by atoms with Gasteiger partial charge in [-0.05, 0) is 38.1 Å². The number of hydrogen-bond acceptors (Lipinski definition) is 3. The molecule has 0 fully saturated rings. The number of amides is 1. The zero-order valence-corrected chi connectivity index (χ0v) is 10.7. The maximum atomic E-state index is 12.0. The molecule has 0 saturated heterocycles. The minimum Gasteiger partial charge on any atom is -0.492 e. The van der Waals surface area contributed by atoms with E-state index in [2.05, 4.69) is 10.6 Å². The van der Waals surface area contributed by atoms with Gasteiger partial charge in [0.1, 0.15) is 12.4 Å². The summed E-state index contributed by atoms with van der Waals surface area (Å²) < 4.78 is 5.61. The van der Waals surface area contributed by atoms with E-state index in [1.165, 1.54) is 0 Å². The van der Waals surface area contributed by atoms with Gasteiger partial charge in [0.2, 0.25) is 5.91 Å². The molecule has 0 radical (unpaired) electrons. The van der Waals surface area contributed by atoms with Gasteiger partial charge in [0.15, 0.2) is 0 Å². The lowest BCUT2D eigenvalue weighted by atomic mass is 9.96. The number of benzene rings is 1. The van der Waals surface area contributed by atoms with Crippen molar-refractivity contribution in [1.82, 2.24) is 10.6 Å². The van der Waals surface area contributed by atoms with Gasteiger partial charge >= 0.3 is 0 Å². The lowest BCUT2D eigenvalue weighted by Crippen LogP contribution is -2.38. The smallest absolute Gasteiger partial charge is 0.226 e. The fourth-order valence-corrected chi connectivity index (χ4v) is 2.12. The Morgan fingerprint density at radius 2 is 2.22 bits per heavy atom. The predicted molar refractivity (Wildman–Crippen MR) is 70.7 cm³/mol. The Balaban J connectivity index is 1.83. The van der Waals surface area contributed by atoms with Gasteiger partial charge in [-0.15, -0.1) is 0 Å². The number of para-hydroxylation sites is 1. The molecule has 1 heterocycles. The largest absolute Gasteiger partial charge is 0.492 e. The number of nitrogens with one attached hydrogen (secondary N) is 2. The molecule has 2 N–H and O–H groups in total. The quantitative estimate of drug-likeness (QED) is 0.763. The summed E-state index contributed by atoms with van der Waals surface area (Å²) in [5, 5.41) is 6.02. The summed E-state index contributed by atoms with van der Waals surface area (Å²) in [6.45, 7) is 2.12. The van der Waals surface area contributed by atoms with Crippen LogP contribution in [0.2, 0.25) is 0 Å². The molecule has 4 nitrogen and oxygen atoms in total. The highest BCUT2D eigenvalue weighted by Crippen LogP contribution is 2.26. The topological polar surface area (TPSA) is 50.4 Å². The first-order chi connectivity index (χ1) is 8.81. The van der Waals surface area contributed by atoms with Crippen molar-refractivity contribution in [3.05, 3.63) is 29.8 Å². The zero-order chi connectivity index (χ0) is 12.8. The second-order valence-electron chi connectivity index (χ2n) is 4.57. The molecule has 1 aromatic rings. The van der Waals surface area contributed by atoms with Crippen LogP contribution < -0.4 is 15.4 Å². The fraction of sp³-hybridized carbons (Fsp3) is 0.500. The molecule has 0 aromatic heterocycles. The van der Waals surface area contributed by atoms with E-state index in [-0.39, 0.29) is 11.8 Å². The third-order valence-electron chi connectivity index (χ3n) is 3.15. The molecule has 1 aliphatic heterocycles. The lowest BCUT2D eigenvalue weighted by molar-refractivity contribution is -0.126. The van der Waals surface area contributed by atoms with Gasteiger partial charge in [-0.1, -0.05) is 18.2 Å². The van der Waals surface area contributed by atoms with Crippen molar-refractivity contribution in [2.24, 2.45) is 5.92 Å². The molecule has 98 valence electrons. The van der Waals surface area contributed by atoms with Crippen LogP contribution in [0, 0.1) is 5.92 Å². The summed E-state index contributed by atoms with van der Waals surface area (Å²) in [4.78, 5) is 12.0. The standard InChI is InChI=1S/C14H20N2O2/c1-15-7-4-8-16-14(17)12-9-11-5-2-3-6-13(11)18-10-12/h2-3,5-6,12,15H,4,7-10H2,1H3,(H,16,17). The van der Waals surface area contributed by atoms with Gasteiger partial charge < -0.3 is 15.4 Å². The van der Waals surface area contributed by atoms with Crippen molar-refractivity contribution in [3.63, 3.8) is 0 Å². The monoisotopic (exact) mass is 248 g/mol. The molecule has 2 rings (SSSR count). The summed E-state index contributed by atoms with van der Waals surface area (Å²) >= 11 is 0. The molecular weight excluding hydrogens is 228 g/mol. The second kappa shape index (κ2) is 6.40. The molecule has 0 aliphatic carbocycles. The van der Waals surface area contributed by atoms with Crippen LogP contribution >= 0.6 is 0 Å². The Hall–Kier alpha value is -1.55. The van der Waals surface area contributed by atoms with Crippen LogP contribution in [0.4, 0.5) is 0 Å². The van der Waals surface area contributed by atoms with E-state index in [0.29, 0.717) is 6.61 Å². The van der Waals surface area contributed by atoms with Crippen molar-refractivity contribution in [3.8, 4) is 5.75 Å². The normalized spacial score (nSPS) is 17.7. The summed E-state index contributed by atoms with van der Waals surface area (Å²) in [6, 6.07) is 7.92. The molecule has 1 atom stereocenters. The van der Waals surface area contributed by atoms with Crippen LogP contribution in [-0.2, 0) is 11.2 Å². The van der Waals surface area contributed by atoms with Crippen LogP contribution in [0.3, 0.4) is 0 Å². The Kier molecular flexibility index (Phi) is 4.59. The van der Waals surface area contributed by atoms with Gasteiger partial charge in [-0.2, -0.15) is 0 Å². The van der Waals surface area contributed by atoms with E-state index in [1.807, 2.05) is 31.3 Å². The van der Waals surface area contributed by atoms with E-state index in [1.54, 1.807) is 0 Å². The zero-order valence-electron chi connectivity index (χ0n) is 10.7. The third-order valence-corrected chi connectivity index (χ3v) is 3.15. The van der Waals surface area contributed by atoms with Crippen molar-refractivity contribution >= 4 is 5.91 Å². The van der Waals surface area contributed by atoms with Gasteiger partial charge in [0, 0.05) is 6.54 Å². The average molecular weight is 248 g/mol. The molecule has 0 spiro atoms. The minimum absolute atomic E-state index is 0.0607. The van der Waals surface area contributed by atoms with Crippen molar-refractivity contribution in [2.45, 2.75) is 12.8 Å². The van der Waals surface area contributed by atoms with E-state index in [0.717, 1.165) is 37.2 Å². The van der Waals surface area contributed by atoms with Crippen LogP contribution in [0.1, 0.15) is 12.0 Å². The number of hydrogen-bond donors (Lipinski definition) is 2. The van der Waals surface area contributed by atoms with E-state index >= 15 is 0 Å². The highest BCUT2D eigenvalue weighted by molar-refractivity contribution is 5.79. The van der Waals surface area contributed by atoms with Crippen molar-refractivity contribution in [2.75, 3.05) is 26.7 Å². The molecule has 1 aromatic carbocycles. The van der Waals surface area contributed by atoms with Crippen LogP contribution in [0.15, 0.2) is 24.3 Å². The summed E-state index contributed by atoms with van der Waals surface area (Å²) in [5.41, 5.74) is 1.12. The molecule has 1 aliphatic rings. The van der Waals surface area contributed by atoms with Crippen molar-refractivity contribution in [1.29, 1.82) is 0 Å². The predicted octanol–water partition coefficient (Wildman–Crippen LogP) is 0.963. The Labute approximate surface area is 108 Å². The molecular formula is C14H20N2O2. The summed E-state index contributed by atoms with van der Waals surface area (Å²) in [7, 11) is 1.91. The van der Waals surface area contributed by atoms with E-state index in [9.17, 15) is 4.79 Å². The Morgan fingerprint density at radius 1 is 1.39 bits per heavy atom. The van der Waals surface area contributed by atoms with Gasteiger partial charge in [-0.3, -0.25) is 4.79 Å². The first-order valence-electron chi connectivity index (χ1n) is 6.44. The molecule has 1 amide bonds.